The number of aromatic nitrogens is 1. The third-order valence-electron chi connectivity index (χ3n) is 1.76. The van der Waals surface area contributed by atoms with Crippen molar-refractivity contribution >= 4 is 23.2 Å². The first kappa shape index (κ1) is 11.6. The molecule has 1 amide bonds. The molecule has 0 radical (unpaired) electrons. The molecular weight excluding hydrogens is 216 g/mol. The minimum atomic E-state index is -1.04. The summed E-state index contributed by atoms with van der Waals surface area (Å²) in [5.41, 5.74) is 0.674. The Balaban J connectivity index is 2.46. The first-order chi connectivity index (χ1) is 6.99. The molecule has 0 fully saturated rings. The standard InChI is InChI=1S/C9H12N2O3S/c1-5(9(13)14)10-8(12)3-7-4-15-6(2)11-7/h4-5H,3H2,1-2H3,(H,10,12)(H,13,14)/t5-/m0/s1. The fourth-order valence-electron chi connectivity index (χ4n) is 1.01. The molecule has 1 aromatic rings. The Morgan fingerprint density at radius 1 is 1.67 bits per heavy atom. The zero-order valence-corrected chi connectivity index (χ0v) is 9.30. The van der Waals surface area contributed by atoms with Gasteiger partial charge in [-0.25, -0.2) is 4.98 Å². The van der Waals surface area contributed by atoms with E-state index in [2.05, 4.69) is 10.3 Å². The van der Waals surface area contributed by atoms with Gasteiger partial charge in [0.1, 0.15) is 6.04 Å². The second-order valence-corrected chi connectivity index (χ2v) is 4.22. The number of thiazole rings is 1. The van der Waals surface area contributed by atoms with E-state index in [0.29, 0.717) is 5.69 Å². The Labute approximate surface area is 91.1 Å². The van der Waals surface area contributed by atoms with Crippen LogP contribution in [0.15, 0.2) is 5.38 Å². The Hall–Kier alpha value is -1.43. The third kappa shape index (κ3) is 3.67. The zero-order valence-electron chi connectivity index (χ0n) is 8.48. The fourth-order valence-corrected chi connectivity index (χ4v) is 1.62. The van der Waals surface area contributed by atoms with Crippen molar-refractivity contribution in [2.24, 2.45) is 0 Å². The van der Waals surface area contributed by atoms with E-state index in [4.69, 9.17) is 5.11 Å². The van der Waals surface area contributed by atoms with E-state index in [1.807, 2.05) is 6.92 Å². The lowest BCUT2D eigenvalue weighted by molar-refractivity contribution is -0.141. The molecule has 1 atom stereocenters. The van der Waals surface area contributed by atoms with E-state index >= 15 is 0 Å². The summed E-state index contributed by atoms with van der Waals surface area (Å²) >= 11 is 1.46. The summed E-state index contributed by atoms with van der Waals surface area (Å²) in [5, 5.41) is 13.6. The van der Waals surface area contributed by atoms with Gasteiger partial charge in [-0.2, -0.15) is 0 Å². The molecule has 0 spiro atoms. The van der Waals surface area contributed by atoms with Crippen LogP contribution >= 0.6 is 11.3 Å². The fraction of sp³-hybridized carbons (Fsp3) is 0.444. The van der Waals surface area contributed by atoms with Crippen LogP contribution in [0.2, 0.25) is 0 Å². The molecule has 1 heterocycles. The number of hydrogen-bond acceptors (Lipinski definition) is 4. The molecule has 2 N–H and O–H groups in total. The smallest absolute Gasteiger partial charge is 0.325 e. The number of nitrogens with zero attached hydrogens (tertiary/aromatic N) is 1. The molecule has 5 nitrogen and oxygen atoms in total. The highest BCUT2D eigenvalue weighted by atomic mass is 32.1. The Morgan fingerprint density at radius 2 is 2.33 bits per heavy atom. The van der Waals surface area contributed by atoms with Gasteiger partial charge in [0.2, 0.25) is 5.91 Å². The quantitative estimate of drug-likeness (QED) is 0.790. The molecule has 0 aliphatic heterocycles. The second-order valence-electron chi connectivity index (χ2n) is 3.16. The topological polar surface area (TPSA) is 79.3 Å². The van der Waals surface area contributed by atoms with Gasteiger partial charge < -0.3 is 10.4 Å². The van der Waals surface area contributed by atoms with Crippen molar-refractivity contribution in [2.75, 3.05) is 0 Å². The lowest BCUT2D eigenvalue weighted by Gasteiger charge is -2.07. The van der Waals surface area contributed by atoms with Crippen molar-refractivity contribution in [2.45, 2.75) is 26.3 Å². The van der Waals surface area contributed by atoms with Gasteiger partial charge in [-0.05, 0) is 13.8 Å². The molecule has 0 saturated heterocycles. The largest absolute Gasteiger partial charge is 0.480 e. The summed E-state index contributed by atoms with van der Waals surface area (Å²) in [7, 11) is 0. The second kappa shape index (κ2) is 4.88. The lowest BCUT2D eigenvalue weighted by Crippen LogP contribution is -2.39. The van der Waals surface area contributed by atoms with Crippen LogP contribution in [0, 0.1) is 6.92 Å². The van der Waals surface area contributed by atoms with E-state index in [-0.39, 0.29) is 12.3 Å². The van der Waals surface area contributed by atoms with Gasteiger partial charge in [0.05, 0.1) is 17.1 Å². The van der Waals surface area contributed by atoms with E-state index in [1.54, 1.807) is 5.38 Å². The Kier molecular flexibility index (Phi) is 3.79. The molecular formula is C9H12N2O3S. The monoisotopic (exact) mass is 228 g/mol. The number of amides is 1. The highest BCUT2D eigenvalue weighted by Gasteiger charge is 2.14. The maximum absolute atomic E-state index is 11.3. The summed E-state index contributed by atoms with van der Waals surface area (Å²) in [6.45, 7) is 3.28. The molecule has 0 aromatic carbocycles. The van der Waals surface area contributed by atoms with Crippen LogP contribution in [0.25, 0.3) is 0 Å². The minimum absolute atomic E-state index is 0.127. The molecule has 0 unspecified atom stereocenters. The number of aliphatic carboxylic acids is 1. The van der Waals surface area contributed by atoms with Crippen molar-refractivity contribution < 1.29 is 14.7 Å². The number of aryl methyl sites for hydroxylation is 1. The molecule has 0 aliphatic carbocycles. The summed E-state index contributed by atoms with van der Waals surface area (Å²) in [6, 6.07) is -0.864. The van der Waals surface area contributed by atoms with Gasteiger partial charge in [0, 0.05) is 5.38 Å². The normalized spacial score (nSPS) is 12.1. The molecule has 1 rings (SSSR count). The van der Waals surface area contributed by atoms with Crippen LogP contribution in [-0.4, -0.2) is 28.0 Å². The van der Waals surface area contributed by atoms with Crippen molar-refractivity contribution in [1.29, 1.82) is 0 Å². The number of hydrogen-bond donors (Lipinski definition) is 2. The van der Waals surface area contributed by atoms with E-state index < -0.39 is 12.0 Å². The van der Waals surface area contributed by atoms with E-state index in [0.717, 1.165) is 5.01 Å². The van der Waals surface area contributed by atoms with Crippen molar-refractivity contribution in [1.82, 2.24) is 10.3 Å². The molecule has 1 aromatic heterocycles. The molecule has 6 heteroatoms. The van der Waals surface area contributed by atoms with E-state index in [9.17, 15) is 9.59 Å². The number of rotatable bonds is 4. The molecule has 15 heavy (non-hydrogen) atoms. The first-order valence-corrected chi connectivity index (χ1v) is 5.30. The average molecular weight is 228 g/mol. The maximum atomic E-state index is 11.3. The first-order valence-electron chi connectivity index (χ1n) is 4.42. The van der Waals surface area contributed by atoms with Gasteiger partial charge in [-0.3, -0.25) is 9.59 Å². The Bertz CT molecular complexity index is 375. The van der Waals surface area contributed by atoms with Gasteiger partial charge in [0.15, 0.2) is 0 Å². The van der Waals surface area contributed by atoms with Crippen LogP contribution < -0.4 is 5.32 Å². The van der Waals surface area contributed by atoms with E-state index in [1.165, 1.54) is 18.3 Å². The number of carboxylic acids is 1. The number of carbonyl (C=O) groups is 2. The lowest BCUT2D eigenvalue weighted by atomic mass is 10.3. The highest BCUT2D eigenvalue weighted by Crippen LogP contribution is 2.08. The number of carbonyl (C=O) groups excluding carboxylic acids is 1. The SMILES string of the molecule is Cc1nc(CC(=O)N[C@@H](C)C(=O)O)cs1. The number of carboxylic acid groups (broad SMARTS) is 1. The van der Waals surface area contributed by atoms with Crippen molar-refractivity contribution in [3.05, 3.63) is 16.1 Å². The summed E-state index contributed by atoms with van der Waals surface area (Å²) in [4.78, 5) is 25.9. The summed E-state index contributed by atoms with van der Waals surface area (Å²) < 4.78 is 0. The number of nitrogens with one attached hydrogen (secondary N) is 1. The molecule has 0 saturated carbocycles. The summed E-state index contributed by atoms with van der Waals surface area (Å²) in [6.07, 6.45) is 0.127. The van der Waals surface area contributed by atoms with Crippen LogP contribution in [0.3, 0.4) is 0 Å². The van der Waals surface area contributed by atoms with Crippen LogP contribution in [-0.2, 0) is 16.0 Å². The molecule has 0 aliphatic rings. The predicted molar refractivity (Wildman–Crippen MR) is 55.8 cm³/mol. The van der Waals surface area contributed by atoms with Crippen LogP contribution in [0.4, 0.5) is 0 Å². The van der Waals surface area contributed by atoms with Gasteiger partial charge in [-0.1, -0.05) is 0 Å². The van der Waals surface area contributed by atoms with Crippen LogP contribution in [0.5, 0.6) is 0 Å². The van der Waals surface area contributed by atoms with Crippen LogP contribution in [0.1, 0.15) is 17.6 Å². The van der Waals surface area contributed by atoms with Gasteiger partial charge in [-0.15, -0.1) is 11.3 Å². The minimum Gasteiger partial charge on any atom is -0.480 e. The third-order valence-corrected chi connectivity index (χ3v) is 2.58. The Morgan fingerprint density at radius 3 is 2.80 bits per heavy atom. The zero-order chi connectivity index (χ0) is 11.4. The van der Waals surface area contributed by atoms with Crippen molar-refractivity contribution in [3.8, 4) is 0 Å². The molecule has 82 valence electrons. The summed E-state index contributed by atoms with van der Waals surface area (Å²) in [5.74, 6) is -1.37. The highest BCUT2D eigenvalue weighted by molar-refractivity contribution is 7.09. The van der Waals surface area contributed by atoms with Gasteiger partial charge >= 0.3 is 5.97 Å². The molecule has 0 bridgehead atoms. The average Bonchev–Trinajstić information content (AvgIpc) is 2.50. The van der Waals surface area contributed by atoms with Gasteiger partial charge in [0.25, 0.3) is 0 Å². The maximum Gasteiger partial charge on any atom is 0.325 e. The predicted octanol–water partition coefficient (Wildman–Crippen LogP) is 0.583. The van der Waals surface area contributed by atoms with Crippen molar-refractivity contribution in [3.63, 3.8) is 0 Å².